The summed E-state index contributed by atoms with van der Waals surface area (Å²) in [6.45, 7) is 1.45. The zero-order valence-electron chi connectivity index (χ0n) is 22.2. The Morgan fingerprint density at radius 3 is 2.27 bits per heavy atom. The van der Waals surface area contributed by atoms with Crippen LogP contribution in [0, 0.1) is 5.41 Å². The lowest BCUT2D eigenvalue weighted by molar-refractivity contribution is -0.139. The first-order valence-corrected chi connectivity index (χ1v) is 13.3. The van der Waals surface area contributed by atoms with Crippen LogP contribution in [0.2, 0.25) is 5.02 Å². The highest BCUT2D eigenvalue weighted by molar-refractivity contribution is 6.30. The molecule has 224 valence electrons. The van der Waals surface area contributed by atoms with Crippen LogP contribution < -0.4 is 20.3 Å². The molecule has 4 rings (SSSR count). The second-order valence-corrected chi connectivity index (χ2v) is 11.4. The number of carbonyl (C=O) groups excluding carboxylic acids is 2. The summed E-state index contributed by atoms with van der Waals surface area (Å²) < 4.78 is 82.7. The number of piperidine rings is 1. The van der Waals surface area contributed by atoms with Crippen LogP contribution in [0.1, 0.15) is 55.5 Å². The van der Waals surface area contributed by atoms with Crippen LogP contribution in [0.3, 0.4) is 0 Å². The molecule has 7 nitrogen and oxygen atoms in total. The number of aromatic nitrogens is 1. The molecule has 2 N–H and O–H groups in total. The van der Waals surface area contributed by atoms with Crippen molar-refractivity contribution < 1.29 is 40.7 Å². The molecule has 2 aliphatic heterocycles. The molecule has 1 aromatic carbocycles. The van der Waals surface area contributed by atoms with Crippen LogP contribution in [0.4, 0.5) is 32.2 Å². The summed E-state index contributed by atoms with van der Waals surface area (Å²) >= 11 is 5.72. The fourth-order valence-corrected chi connectivity index (χ4v) is 5.35. The van der Waals surface area contributed by atoms with E-state index in [0.29, 0.717) is 18.7 Å². The summed E-state index contributed by atoms with van der Waals surface area (Å²) in [6.07, 6.45) is -5.06. The lowest BCUT2D eigenvalue weighted by atomic mass is 9.91. The number of fused-ring (bicyclic) bond motifs is 2. The number of nitrogens with zero attached hydrogens (tertiary/aromatic N) is 2. The van der Waals surface area contributed by atoms with E-state index < -0.39 is 41.5 Å². The maximum Gasteiger partial charge on any atom is 0.420 e. The Balaban J connectivity index is 1.34. The van der Waals surface area contributed by atoms with Crippen LogP contribution in [-0.2, 0) is 11.0 Å². The molecule has 0 aliphatic carbocycles. The number of anilines is 1. The van der Waals surface area contributed by atoms with Gasteiger partial charge in [-0.1, -0.05) is 11.6 Å². The molecule has 0 spiro atoms. The normalized spacial score (nSPS) is 21.0. The van der Waals surface area contributed by atoms with E-state index in [-0.39, 0.29) is 41.2 Å². The van der Waals surface area contributed by atoms with Crippen molar-refractivity contribution in [2.45, 2.75) is 70.0 Å². The zero-order chi connectivity index (χ0) is 30.2. The van der Waals surface area contributed by atoms with Gasteiger partial charge in [0, 0.05) is 29.3 Å². The summed E-state index contributed by atoms with van der Waals surface area (Å²) in [6, 6.07) is 6.12. The number of halogens is 7. The van der Waals surface area contributed by atoms with E-state index in [0.717, 1.165) is 25.0 Å². The van der Waals surface area contributed by atoms with E-state index in [1.165, 1.54) is 18.3 Å². The Kier molecular flexibility index (Phi) is 8.68. The Morgan fingerprint density at radius 1 is 1.05 bits per heavy atom. The average Bonchev–Trinajstić information content (AvgIpc) is 3.15. The van der Waals surface area contributed by atoms with Gasteiger partial charge in [-0.15, -0.1) is 0 Å². The highest BCUT2D eigenvalue weighted by Gasteiger charge is 2.43. The molecule has 0 radical (unpaired) electrons. The van der Waals surface area contributed by atoms with Gasteiger partial charge in [0.1, 0.15) is 24.7 Å². The first kappa shape index (κ1) is 30.7. The van der Waals surface area contributed by atoms with Crippen LogP contribution in [0.15, 0.2) is 36.5 Å². The van der Waals surface area contributed by atoms with Gasteiger partial charge < -0.3 is 20.3 Å². The third kappa shape index (κ3) is 7.55. The Morgan fingerprint density at radius 2 is 1.71 bits per heavy atom. The quantitative estimate of drug-likeness (QED) is 0.373. The van der Waals surface area contributed by atoms with Gasteiger partial charge in [0.25, 0.3) is 5.91 Å². The fourth-order valence-electron chi connectivity index (χ4n) is 5.18. The second kappa shape index (κ2) is 11.6. The lowest BCUT2D eigenvalue weighted by Crippen LogP contribution is -2.53. The van der Waals surface area contributed by atoms with Gasteiger partial charge >= 0.3 is 12.4 Å². The topological polar surface area (TPSA) is 83.6 Å². The number of amides is 2. The number of benzene rings is 1. The summed E-state index contributed by atoms with van der Waals surface area (Å²) in [5, 5.41) is 4.75. The molecule has 0 saturated carbocycles. The van der Waals surface area contributed by atoms with Crippen molar-refractivity contribution in [1.29, 1.82) is 0 Å². The van der Waals surface area contributed by atoms with Crippen LogP contribution in [-0.4, -0.2) is 54.3 Å². The molecule has 2 bridgehead atoms. The molecular weight excluding hydrogens is 578 g/mol. The minimum absolute atomic E-state index is 0.0119. The molecule has 2 amide bonds. The van der Waals surface area contributed by atoms with Crippen molar-refractivity contribution >= 4 is 29.2 Å². The molecule has 2 aliphatic rings. The van der Waals surface area contributed by atoms with Gasteiger partial charge in [-0.3, -0.25) is 9.59 Å². The third-order valence-corrected chi connectivity index (χ3v) is 7.48. The number of carbonyl (C=O) groups is 2. The molecular formula is C27H29ClF6N4O3. The number of hydrogen-bond donors (Lipinski definition) is 2. The average molecular weight is 607 g/mol. The van der Waals surface area contributed by atoms with Gasteiger partial charge in [-0.2, -0.15) is 26.3 Å². The second-order valence-electron chi connectivity index (χ2n) is 10.9. The fraction of sp³-hybridized carbons (Fsp3) is 0.519. The smallest absolute Gasteiger partial charge is 0.420 e. The van der Waals surface area contributed by atoms with Crippen LogP contribution in [0.5, 0.6) is 5.75 Å². The van der Waals surface area contributed by atoms with Gasteiger partial charge in [-0.25, -0.2) is 4.98 Å². The molecule has 2 fully saturated rings. The maximum absolute atomic E-state index is 13.4. The highest BCUT2D eigenvalue weighted by Crippen LogP contribution is 2.40. The largest absolute Gasteiger partial charge is 0.492 e. The number of pyridine rings is 1. The first-order valence-electron chi connectivity index (χ1n) is 12.9. The lowest BCUT2D eigenvalue weighted by Gasteiger charge is -2.40. The van der Waals surface area contributed by atoms with Gasteiger partial charge in [0.05, 0.1) is 16.5 Å². The summed E-state index contributed by atoms with van der Waals surface area (Å²) in [5.74, 6) is -1.05. The number of hydrogen-bond acceptors (Lipinski definition) is 5. The predicted octanol–water partition coefficient (Wildman–Crippen LogP) is 5.77. The summed E-state index contributed by atoms with van der Waals surface area (Å²) in [4.78, 5) is 31.5. The number of ether oxygens (including phenoxy) is 1. The summed E-state index contributed by atoms with van der Waals surface area (Å²) in [7, 11) is 0. The van der Waals surface area contributed by atoms with Crippen molar-refractivity contribution in [3.8, 4) is 5.75 Å². The maximum atomic E-state index is 13.4. The Bertz CT molecular complexity index is 1260. The van der Waals surface area contributed by atoms with E-state index >= 15 is 0 Å². The standard InChI is InChI=1S/C27H29ClF6N4O3/c1-25(2,14-41-21-7-4-16(28)9-20(21)27(32,33)34)24(40)37-17-10-18-5-6-19(11-17)38(18)22-8-3-15(12-35-22)23(39)36-13-26(29,30)31/h3-4,7-9,12,17-19H,5-6,10-11,13-14H2,1-2H3,(H,36,39)(H,37,40). The molecule has 14 heteroatoms. The van der Waals surface area contributed by atoms with Gasteiger partial charge in [-0.05, 0) is 69.9 Å². The molecule has 3 heterocycles. The van der Waals surface area contributed by atoms with E-state index in [2.05, 4.69) is 15.2 Å². The minimum atomic E-state index is -4.67. The van der Waals surface area contributed by atoms with E-state index in [1.54, 1.807) is 19.9 Å². The number of rotatable bonds is 8. The van der Waals surface area contributed by atoms with Crippen molar-refractivity contribution in [3.63, 3.8) is 0 Å². The van der Waals surface area contributed by atoms with Crippen molar-refractivity contribution in [2.75, 3.05) is 18.1 Å². The number of nitrogens with one attached hydrogen (secondary N) is 2. The SMILES string of the molecule is CC(C)(COc1ccc(Cl)cc1C(F)(F)F)C(=O)NC1CC2CCC(C1)N2c1ccc(C(=O)NCC(F)(F)F)cn1. The van der Waals surface area contributed by atoms with E-state index in [1.807, 2.05) is 5.32 Å². The molecule has 1 aromatic heterocycles. The van der Waals surface area contributed by atoms with Gasteiger partial charge in [0.2, 0.25) is 5.91 Å². The molecule has 41 heavy (non-hydrogen) atoms. The molecule has 2 saturated heterocycles. The van der Waals surface area contributed by atoms with E-state index in [9.17, 15) is 35.9 Å². The molecule has 2 unspecified atom stereocenters. The van der Waals surface area contributed by atoms with Crippen LogP contribution >= 0.6 is 11.6 Å². The highest BCUT2D eigenvalue weighted by atomic mass is 35.5. The van der Waals surface area contributed by atoms with Crippen molar-refractivity contribution in [1.82, 2.24) is 15.6 Å². The zero-order valence-corrected chi connectivity index (χ0v) is 23.0. The molecule has 2 aromatic rings. The Labute approximate surface area is 237 Å². The van der Waals surface area contributed by atoms with Crippen molar-refractivity contribution in [2.24, 2.45) is 5.41 Å². The predicted molar refractivity (Wildman–Crippen MR) is 139 cm³/mol. The van der Waals surface area contributed by atoms with Crippen molar-refractivity contribution in [3.05, 3.63) is 52.7 Å². The number of alkyl halides is 6. The first-order chi connectivity index (χ1) is 19.0. The monoisotopic (exact) mass is 606 g/mol. The van der Waals surface area contributed by atoms with E-state index in [4.69, 9.17) is 16.3 Å². The van der Waals surface area contributed by atoms with Gasteiger partial charge in [0.15, 0.2) is 0 Å². The third-order valence-electron chi connectivity index (χ3n) is 7.24. The minimum Gasteiger partial charge on any atom is -0.492 e. The van der Waals surface area contributed by atoms with Crippen LogP contribution in [0.25, 0.3) is 0 Å². The Hall–Kier alpha value is -3.22. The molecule has 2 atom stereocenters. The summed E-state index contributed by atoms with van der Waals surface area (Å²) in [5.41, 5.74) is -2.14.